The van der Waals surface area contributed by atoms with E-state index in [-0.39, 0.29) is 17.8 Å². The van der Waals surface area contributed by atoms with E-state index in [4.69, 9.17) is 4.74 Å². The largest absolute Gasteiger partial charge is 0.482 e. The fourth-order valence-electron chi connectivity index (χ4n) is 4.68. The van der Waals surface area contributed by atoms with Gasteiger partial charge in [-0.25, -0.2) is 4.39 Å². The van der Waals surface area contributed by atoms with E-state index in [1.165, 1.54) is 12.0 Å². The standard InChI is InChI=1S/C24H28F2O/c1-3-16-6-10-17(11-7-16)20-14-19-12-13-21(18-8-4-15(2)5-9-18)27-24(19)23(26)22(20)25/h4-5,8-9,14,16-17,21H,3,6-7,10-13H2,1-2H3. The van der Waals surface area contributed by atoms with E-state index in [0.29, 0.717) is 5.56 Å². The second-order valence-corrected chi connectivity index (χ2v) is 8.26. The summed E-state index contributed by atoms with van der Waals surface area (Å²) in [6, 6.07) is 9.97. The Kier molecular flexibility index (Phi) is 5.21. The summed E-state index contributed by atoms with van der Waals surface area (Å²) in [5, 5.41) is 0. The summed E-state index contributed by atoms with van der Waals surface area (Å²) in [6.07, 6.45) is 6.64. The Bertz CT molecular complexity index is 804. The normalized spacial score (nSPS) is 25.0. The van der Waals surface area contributed by atoms with Crippen molar-refractivity contribution in [1.29, 1.82) is 0 Å². The molecule has 2 aliphatic rings. The Balaban J connectivity index is 1.58. The first-order chi connectivity index (χ1) is 13.1. The predicted octanol–water partition coefficient (Wildman–Crippen LogP) is 7.02. The molecular weight excluding hydrogens is 342 g/mol. The topological polar surface area (TPSA) is 9.23 Å². The second-order valence-electron chi connectivity index (χ2n) is 8.26. The molecule has 2 aromatic rings. The monoisotopic (exact) mass is 370 g/mol. The van der Waals surface area contributed by atoms with Crippen LogP contribution in [-0.4, -0.2) is 0 Å². The molecule has 3 heteroatoms. The lowest BCUT2D eigenvalue weighted by Gasteiger charge is -2.31. The Morgan fingerprint density at radius 2 is 1.67 bits per heavy atom. The van der Waals surface area contributed by atoms with Crippen molar-refractivity contribution in [3.8, 4) is 5.75 Å². The molecule has 0 N–H and O–H groups in total. The lowest BCUT2D eigenvalue weighted by molar-refractivity contribution is 0.165. The molecule has 1 heterocycles. The summed E-state index contributed by atoms with van der Waals surface area (Å²) >= 11 is 0. The van der Waals surface area contributed by atoms with E-state index in [0.717, 1.165) is 55.6 Å². The van der Waals surface area contributed by atoms with Crippen LogP contribution in [0, 0.1) is 24.5 Å². The van der Waals surface area contributed by atoms with E-state index in [9.17, 15) is 8.78 Å². The molecule has 1 aliphatic carbocycles. The van der Waals surface area contributed by atoms with Crippen LogP contribution in [0.3, 0.4) is 0 Å². The minimum atomic E-state index is -0.795. The number of benzene rings is 2. The number of hydrogen-bond donors (Lipinski definition) is 0. The average molecular weight is 370 g/mol. The SMILES string of the molecule is CCC1CCC(c2cc3c(c(F)c2F)OC(c2ccc(C)cc2)CC3)CC1. The van der Waals surface area contributed by atoms with Crippen LogP contribution in [0.4, 0.5) is 8.78 Å². The minimum absolute atomic E-state index is 0.121. The van der Waals surface area contributed by atoms with Gasteiger partial charge < -0.3 is 4.74 Å². The Morgan fingerprint density at radius 1 is 0.963 bits per heavy atom. The molecule has 1 fully saturated rings. The molecule has 0 saturated heterocycles. The van der Waals surface area contributed by atoms with Gasteiger partial charge in [0.05, 0.1) is 0 Å². The Morgan fingerprint density at radius 3 is 2.33 bits per heavy atom. The van der Waals surface area contributed by atoms with Crippen molar-refractivity contribution in [2.45, 2.75) is 70.8 Å². The molecular formula is C24H28F2O. The van der Waals surface area contributed by atoms with Crippen molar-refractivity contribution >= 4 is 0 Å². The molecule has 0 amide bonds. The zero-order chi connectivity index (χ0) is 19.0. The van der Waals surface area contributed by atoms with Crippen molar-refractivity contribution in [1.82, 2.24) is 0 Å². The van der Waals surface area contributed by atoms with Gasteiger partial charge in [-0.1, -0.05) is 43.2 Å². The minimum Gasteiger partial charge on any atom is -0.482 e. The van der Waals surface area contributed by atoms with Crippen LogP contribution in [0.2, 0.25) is 0 Å². The van der Waals surface area contributed by atoms with Crippen LogP contribution in [0.5, 0.6) is 5.75 Å². The van der Waals surface area contributed by atoms with Crippen molar-refractivity contribution in [2.75, 3.05) is 0 Å². The van der Waals surface area contributed by atoms with Gasteiger partial charge in [0.2, 0.25) is 5.82 Å². The zero-order valence-corrected chi connectivity index (χ0v) is 16.2. The van der Waals surface area contributed by atoms with Crippen LogP contribution < -0.4 is 4.74 Å². The summed E-state index contributed by atoms with van der Waals surface area (Å²) in [7, 11) is 0. The zero-order valence-electron chi connectivity index (χ0n) is 16.2. The summed E-state index contributed by atoms with van der Waals surface area (Å²) in [6.45, 7) is 4.25. The molecule has 0 bridgehead atoms. The maximum Gasteiger partial charge on any atom is 0.201 e. The smallest absolute Gasteiger partial charge is 0.201 e. The van der Waals surface area contributed by atoms with E-state index < -0.39 is 11.6 Å². The van der Waals surface area contributed by atoms with Crippen LogP contribution >= 0.6 is 0 Å². The molecule has 1 atom stereocenters. The first kappa shape index (κ1) is 18.5. The van der Waals surface area contributed by atoms with E-state index >= 15 is 0 Å². The molecule has 0 spiro atoms. The lowest BCUT2D eigenvalue weighted by atomic mass is 9.77. The highest BCUT2D eigenvalue weighted by Gasteiger charge is 2.31. The maximum atomic E-state index is 14.9. The van der Waals surface area contributed by atoms with Gasteiger partial charge in [0.15, 0.2) is 11.6 Å². The first-order valence-corrected chi connectivity index (χ1v) is 10.3. The molecule has 1 aliphatic heterocycles. The van der Waals surface area contributed by atoms with Gasteiger partial charge in [0.25, 0.3) is 0 Å². The molecule has 0 radical (unpaired) electrons. The molecule has 1 unspecified atom stereocenters. The predicted molar refractivity (Wildman–Crippen MR) is 104 cm³/mol. The fraction of sp³-hybridized carbons (Fsp3) is 0.500. The summed E-state index contributed by atoms with van der Waals surface area (Å²) < 4.78 is 35.7. The number of aryl methyl sites for hydroxylation is 2. The second kappa shape index (κ2) is 7.61. The molecule has 4 rings (SSSR count). The molecule has 0 aromatic heterocycles. The van der Waals surface area contributed by atoms with Crippen molar-refractivity contribution in [3.05, 3.63) is 64.2 Å². The van der Waals surface area contributed by atoms with Gasteiger partial charge in [0.1, 0.15) is 6.10 Å². The average Bonchev–Trinajstić information content (AvgIpc) is 2.71. The highest BCUT2D eigenvalue weighted by atomic mass is 19.2. The van der Waals surface area contributed by atoms with Gasteiger partial charge in [-0.15, -0.1) is 0 Å². The number of halogens is 2. The van der Waals surface area contributed by atoms with Gasteiger partial charge in [-0.3, -0.25) is 0 Å². The maximum absolute atomic E-state index is 14.9. The third kappa shape index (κ3) is 3.61. The van der Waals surface area contributed by atoms with E-state index in [2.05, 4.69) is 6.92 Å². The van der Waals surface area contributed by atoms with Gasteiger partial charge in [-0.05, 0) is 80.0 Å². The Labute approximate surface area is 160 Å². The number of rotatable bonds is 3. The number of fused-ring (bicyclic) bond motifs is 1. The fourth-order valence-corrected chi connectivity index (χ4v) is 4.68. The van der Waals surface area contributed by atoms with Crippen LogP contribution in [-0.2, 0) is 6.42 Å². The van der Waals surface area contributed by atoms with Crippen LogP contribution in [0.15, 0.2) is 30.3 Å². The molecule has 1 saturated carbocycles. The van der Waals surface area contributed by atoms with Crippen molar-refractivity contribution in [2.24, 2.45) is 5.92 Å². The highest BCUT2D eigenvalue weighted by Crippen LogP contribution is 2.43. The molecule has 144 valence electrons. The van der Waals surface area contributed by atoms with Crippen molar-refractivity contribution < 1.29 is 13.5 Å². The van der Waals surface area contributed by atoms with E-state index in [1.54, 1.807) is 0 Å². The van der Waals surface area contributed by atoms with Crippen molar-refractivity contribution in [3.63, 3.8) is 0 Å². The summed E-state index contributed by atoms with van der Waals surface area (Å²) in [5.41, 5.74) is 3.59. The molecule has 27 heavy (non-hydrogen) atoms. The summed E-state index contributed by atoms with van der Waals surface area (Å²) in [5.74, 6) is -0.488. The van der Waals surface area contributed by atoms with Gasteiger partial charge in [-0.2, -0.15) is 4.39 Å². The summed E-state index contributed by atoms with van der Waals surface area (Å²) in [4.78, 5) is 0. The van der Waals surface area contributed by atoms with Crippen LogP contribution in [0.1, 0.15) is 79.7 Å². The number of ether oxygens (including phenoxy) is 1. The third-order valence-electron chi connectivity index (χ3n) is 6.52. The molecule has 1 nitrogen and oxygen atoms in total. The molecule has 2 aromatic carbocycles. The van der Waals surface area contributed by atoms with Gasteiger partial charge in [0, 0.05) is 0 Å². The lowest BCUT2D eigenvalue weighted by Crippen LogP contribution is -2.19. The van der Waals surface area contributed by atoms with Gasteiger partial charge >= 0.3 is 0 Å². The van der Waals surface area contributed by atoms with Crippen LogP contribution in [0.25, 0.3) is 0 Å². The first-order valence-electron chi connectivity index (χ1n) is 10.3. The van der Waals surface area contributed by atoms with E-state index in [1.807, 2.05) is 37.3 Å². The quantitative estimate of drug-likeness (QED) is 0.564. The third-order valence-corrected chi connectivity index (χ3v) is 6.52. The Hall–Kier alpha value is -1.90. The highest BCUT2D eigenvalue weighted by molar-refractivity contribution is 5.43. The number of hydrogen-bond acceptors (Lipinski definition) is 1.